The van der Waals surface area contributed by atoms with Crippen molar-refractivity contribution in [3.63, 3.8) is 0 Å². The van der Waals surface area contributed by atoms with Gasteiger partial charge in [-0.15, -0.1) is 0 Å². The largest absolute Gasteiger partial charge is 0.351 e. The highest BCUT2D eigenvalue weighted by Gasteiger charge is 2.19. The molecule has 1 aromatic heterocycles. The highest BCUT2D eigenvalue weighted by Crippen LogP contribution is 2.20. The van der Waals surface area contributed by atoms with E-state index in [4.69, 9.17) is 0 Å². The number of nitrogens with zero attached hydrogens (tertiary/aromatic N) is 2. The molecule has 1 amide bonds. The Morgan fingerprint density at radius 2 is 2.23 bits per heavy atom. The van der Waals surface area contributed by atoms with Gasteiger partial charge in [-0.2, -0.15) is 0 Å². The fourth-order valence-corrected chi connectivity index (χ4v) is 3.38. The quantitative estimate of drug-likeness (QED) is 0.871. The van der Waals surface area contributed by atoms with E-state index in [1.165, 1.54) is 29.1 Å². The highest BCUT2D eigenvalue weighted by molar-refractivity contribution is 7.99. The smallest absolute Gasteiger partial charge is 0.267 e. The minimum absolute atomic E-state index is 0.121. The summed E-state index contributed by atoms with van der Waals surface area (Å²) in [5.41, 5.74) is 2.27. The van der Waals surface area contributed by atoms with Crippen molar-refractivity contribution in [3.8, 4) is 0 Å². The van der Waals surface area contributed by atoms with Gasteiger partial charge < -0.3 is 5.32 Å². The molecule has 5 nitrogen and oxygen atoms in total. The van der Waals surface area contributed by atoms with Crippen LogP contribution in [0.15, 0.2) is 40.4 Å². The molecule has 114 valence electrons. The van der Waals surface area contributed by atoms with Crippen LogP contribution in [0.2, 0.25) is 0 Å². The topological polar surface area (TPSA) is 64.0 Å². The predicted octanol–water partition coefficient (Wildman–Crippen LogP) is 1.63. The lowest BCUT2D eigenvalue weighted by atomic mass is 10.1. The number of hydrogen-bond acceptors (Lipinski definition) is 4. The van der Waals surface area contributed by atoms with Gasteiger partial charge >= 0.3 is 0 Å². The monoisotopic (exact) mass is 315 g/mol. The van der Waals surface area contributed by atoms with Gasteiger partial charge in [-0.05, 0) is 24.5 Å². The van der Waals surface area contributed by atoms with E-state index in [0.717, 1.165) is 12.2 Å². The van der Waals surface area contributed by atoms with E-state index in [0.29, 0.717) is 18.2 Å². The number of hydrogen-bond donors (Lipinski definition) is 1. The van der Waals surface area contributed by atoms with Crippen LogP contribution in [0.3, 0.4) is 0 Å². The van der Waals surface area contributed by atoms with E-state index in [2.05, 4.69) is 10.3 Å². The summed E-state index contributed by atoms with van der Waals surface area (Å²) >= 11 is 1.54. The van der Waals surface area contributed by atoms with Crippen LogP contribution in [-0.2, 0) is 13.0 Å². The van der Waals surface area contributed by atoms with Crippen molar-refractivity contribution >= 4 is 17.7 Å². The number of nitrogens with one attached hydrogen (secondary N) is 1. The molecule has 1 aliphatic rings. The van der Waals surface area contributed by atoms with Gasteiger partial charge in [0.1, 0.15) is 5.56 Å². The first-order valence-electron chi connectivity index (χ1n) is 7.22. The Hall–Kier alpha value is -2.08. The maximum absolute atomic E-state index is 12.2. The van der Waals surface area contributed by atoms with Gasteiger partial charge in [0.25, 0.3) is 11.5 Å². The number of aryl methyl sites for hydroxylation is 1. The zero-order valence-electron chi connectivity index (χ0n) is 12.3. The highest BCUT2D eigenvalue weighted by atomic mass is 32.2. The predicted molar refractivity (Wildman–Crippen MR) is 86.4 cm³/mol. The number of rotatable bonds is 4. The van der Waals surface area contributed by atoms with Crippen molar-refractivity contribution in [1.29, 1.82) is 0 Å². The second-order valence-electron chi connectivity index (χ2n) is 5.19. The van der Waals surface area contributed by atoms with E-state index >= 15 is 0 Å². The van der Waals surface area contributed by atoms with Crippen molar-refractivity contribution in [1.82, 2.24) is 14.9 Å². The average Bonchev–Trinajstić information content (AvgIpc) is 2.99. The Morgan fingerprint density at radius 1 is 1.41 bits per heavy atom. The molecule has 6 heteroatoms. The lowest BCUT2D eigenvalue weighted by molar-refractivity contribution is 0.0951. The third-order valence-electron chi connectivity index (χ3n) is 3.74. The van der Waals surface area contributed by atoms with E-state index in [-0.39, 0.29) is 17.0 Å². The molecule has 0 saturated carbocycles. The number of carbonyl (C=O) groups is 1. The molecule has 0 radical (unpaired) electrons. The number of carbonyl (C=O) groups excluding carboxylic acids is 1. The van der Waals surface area contributed by atoms with Gasteiger partial charge in [-0.3, -0.25) is 14.2 Å². The molecule has 0 spiro atoms. The van der Waals surface area contributed by atoms with Crippen molar-refractivity contribution in [2.75, 3.05) is 12.3 Å². The van der Waals surface area contributed by atoms with Gasteiger partial charge in [0, 0.05) is 25.0 Å². The molecule has 1 aromatic carbocycles. The van der Waals surface area contributed by atoms with Crippen LogP contribution in [0.5, 0.6) is 0 Å². The van der Waals surface area contributed by atoms with Crippen molar-refractivity contribution in [2.45, 2.75) is 25.0 Å². The van der Waals surface area contributed by atoms with E-state index in [1.54, 1.807) is 4.57 Å². The van der Waals surface area contributed by atoms with Crippen LogP contribution >= 0.6 is 11.8 Å². The second-order valence-corrected chi connectivity index (χ2v) is 6.25. The van der Waals surface area contributed by atoms with Gasteiger partial charge in [-0.25, -0.2) is 4.98 Å². The first kappa shape index (κ1) is 14.8. The summed E-state index contributed by atoms with van der Waals surface area (Å²) in [4.78, 5) is 28.6. The third kappa shape index (κ3) is 2.92. The summed E-state index contributed by atoms with van der Waals surface area (Å²) < 4.78 is 1.57. The van der Waals surface area contributed by atoms with E-state index in [9.17, 15) is 9.59 Å². The number of thioether (sulfide) groups is 1. The normalized spacial score (nSPS) is 13.0. The average molecular weight is 315 g/mol. The van der Waals surface area contributed by atoms with E-state index < -0.39 is 0 Å². The molecule has 22 heavy (non-hydrogen) atoms. The molecule has 1 aliphatic heterocycles. The third-order valence-corrected chi connectivity index (χ3v) is 4.71. The molecular formula is C16H17N3O2S. The molecule has 0 atom stereocenters. The van der Waals surface area contributed by atoms with Gasteiger partial charge in [0.15, 0.2) is 5.16 Å². The Balaban J connectivity index is 1.66. The fraction of sp³-hybridized carbons (Fsp3) is 0.312. The van der Waals surface area contributed by atoms with Crippen LogP contribution in [-0.4, -0.2) is 27.8 Å². The lowest BCUT2D eigenvalue weighted by Gasteiger charge is -2.08. The maximum atomic E-state index is 12.2. The fourth-order valence-electron chi connectivity index (χ4n) is 2.47. The zero-order chi connectivity index (χ0) is 15.5. The molecule has 0 fully saturated rings. The maximum Gasteiger partial charge on any atom is 0.267 e. The number of aromatic nitrogens is 2. The molecule has 1 N–H and O–H groups in total. The van der Waals surface area contributed by atoms with Gasteiger partial charge in [0.05, 0.1) is 0 Å². The molecule has 0 aliphatic carbocycles. The Bertz CT molecular complexity index is 770. The van der Waals surface area contributed by atoms with Gasteiger partial charge in [-0.1, -0.05) is 36.0 Å². The molecule has 2 heterocycles. The molecular weight excluding hydrogens is 298 g/mol. The number of benzene rings is 1. The summed E-state index contributed by atoms with van der Waals surface area (Å²) in [7, 11) is 0. The van der Waals surface area contributed by atoms with Crippen LogP contribution in [0.1, 0.15) is 21.5 Å². The minimum atomic E-state index is -0.349. The summed E-state index contributed by atoms with van der Waals surface area (Å²) in [6.07, 6.45) is 2.13. The van der Waals surface area contributed by atoms with Gasteiger partial charge in [0.2, 0.25) is 0 Å². The Labute approximate surface area is 132 Å². The van der Waals surface area contributed by atoms with Crippen LogP contribution < -0.4 is 10.9 Å². The minimum Gasteiger partial charge on any atom is -0.351 e. The van der Waals surface area contributed by atoms with Crippen molar-refractivity contribution < 1.29 is 4.79 Å². The van der Waals surface area contributed by atoms with Crippen LogP contribution in [0, 0.1) is 6.92 Å². The Morgan fingerprint density at radius 3 is 3.05 bits per heavy atom. The summed E-state index contributed by atoms with van der Waals surface area (Å²) in [5, 5.41) is 3.50. The summed E-state index contributed by atoms with van der Waals surface area (Å²) in [6.45, 7) is 3.17. The number of fused-ring (bicyclic) bond motifs is 1. The summed E-state index contributed by atoms with van der Waals surface area (Å²) in [6, 6.07) is 8.07. The molecule has 0 unspecified atom stereocenters. The first-order valence-corrected chi connectivity index (χ1v) is 8.21. The van der Waals surface area contributed by atoms with Crippen molar-refractivity contribution in [3.05, 3.63) is 57.5 Å². The van der Waals surface area contributed by atoms with E-state index in [1.807, 2.05) is 31.2 Å². The SMILES string of the molecule is Cc1ccccc1CCNC(=O)c1cnc2n(c1=O)CCS2. The molecule has 2 aromatic rings. The molecule has 0 bridgehead atoms. The second kappa shape index (κ2) is 6.36. The standard InChI is InChI=1S/C16H17N3O2S/c1-11-4-2-3-5-12(11)6-7-17-14(20)13-10-18-16-19(15(13)21)8-9-22-16/h2-5,10H,6-9H2,1H3,(H,17,20). The molecule has 0 saturated heterocycles. The molecule has 3 rings (SSSR count). The number of amides is 1. The van der Waals surface area contributed by atoms with Crippen LogP contribution in [0.25, 0.3) is 0 Å². The Kier molecular flexibility index (Phi) is 4.29. The first-order chi connectivity index (χ1) is 10.7. The lowest BCUT2D eigenvalue weighted by Crippen LogP contribution is -2.34. The van der Waals surface area contributed by atoms with Crippen LogP contribution in [0.4, 0.5) is 0 Å². The summed E-state index contributed by atoms with van der Waals surface area (Å²) in [5.74, 6) is 0.485. The zero-order valence-corrected chi connectivity index (χ0v) is 13.2. The van der Waals surface area contributed by atoms with Crippen molar-refractivity contribution in [2.24, 2.45) is 0 Å².